The second-order valence-electron chi connectivity index (χ2n) is 4.69. The van der Waals surface area contributed by atoms with Crippen LogP contribution in [0.15, 0.2) is 36.4 Å². The van der Waals surface area contributed by atoms with Gasteiger partial charge in [0.2, 0.25) is 0 Å². The van der Waals surface area contributed by atoms with Gasteiger partial charge in [-0.15, -0.1) is 0 Å². The van der Waals surface area contributed by atoms with Gasteiger partial charge >= 0.3 is 0 Å². The summed E-state index contributed by atoms with van der Waals surface area (Å²) in [6.07, 6.45) is 2.25. The molecule has 1 aliphatic carbocycles. The minimum absolute atomic E-state index is 0.0344. The third-order valence-corrected chi connectivity index (χ3v) is 3.36. The molecule has 1 heteroatoms. The largest absolute Gasteiger partial charge is 0.321 e. The lowest BCUT2D eigenvalue weighted by molar-refractivity contribution is 0.748. The van der Waals surface area contributed by atoms with Crippen molar-refractivity contribution in [3.05, 3.63) is 47.5 Å². The van der Waals surface area contributed by atoms with E-state index in [9.17, 15) is 0 Å². The van der Waals surface area contributed by atoms with Gasteiger partial charge in [-0.2, -0.15) is 0 Å². The molecule has 3 rings (SSSR count). The first-order valence-electron chi connectivity index (χ1n) is 5.48. The standard InChI is InChI=1S/C14H15N/c1-10-5-6-11-3-2-4-13(12(11)9-10)14(15)7-8-14/h2-6,9H,7-8,15H2,1H3. The Balaban J connectivity index is 2.33. The average molecular weight is 197 g/mol. The normalized spacial score (nSPS) is 18.0. The number of hydrogen-bond acceptors (Lipinski definition) is 1. The van der Waals surface area contributed by atoms with E-state index in [0.29, 0.717) is 0 Å². The van der Waals surface area contributed by atoms with Crippen molar-refractivity contribution in [2.24, 2.45) is 5.73 Å². The third kappa shape index (κ3) is 1.35. The Morgan fingerprint density at radius 3 is 2.67 bits per heavy atom. The van der Waals surface area contributed by atoms with Gasteiger partial charge in [0.25, 0.3) is 0 Å². The molecule has 1 nitrogen and oxygen atoms in total. The first-order chi connectivity index (χ1) is 7.19. The number of benzene rings is 2. The summed E-state index contributed by atoms with van der Waals surface area (Å²) in [5, 5.41) is 2.63. The molecule has 2 aromatic carbocycles. The number of fused-ring (bicyclic) bond motifs is 1. The van der Waals surface area contributed by atoms with Crippen molar-refractivity contribution in [3.63, 3.8) is 0 Å². The maximum absolute atomic E-state index is 6.28. The molecule has 76 valence electrons. The summed E-state index contributed by atoms with van der Waals surface area (Å²) in [5.74, 6) is 0. The molecule has 0 aromatic heterocycles. The van der Waals surface area contributed by atoms with E-state index in [1.54, 1.807) is 0 Å². The van der Waals surface area contributed by atoms with Crippen LogP contribution >= 0.6 is 0 Å². The fourth-order valence-corrected chi connectivity index (χ4v) is 2.22. The Labute approximate surface area is 89.9 Å². The molecule has 0 heterocycles. The van der Waals surface area contributed by atoms with E-state index in [4.69, 9.17) is 5.73 Å². The van der Waals surface area contributed by atoms with Gasteiger partial charge in [-0.3, -0.25) is 0 Å². The number of nitrogens with two attached hydrogens (primary N) is 1. The van der Waals surface area contributed by atoms with Crippen LogP contribution in [0, 0.1) is 6.92 Å². The van der Waals surface area contributed by atoms with E-state index in [1.807, 2.05) is 0 Å². The monoisotopic (exact) mass is 197 g/mol. The van der Waals surface area contributed by atoms with E-state index in [2.05, 4.69) is 43.3 Å². The fourth-order valence-electron chi connectivity index (χ4n) is 2.22. The summed E-state index contributed by atoms with van der Waals surface area (Å²) in [5.41, 5.74) is 8.88. The molecule has 0 amide bonds. The molecule has 0 aliphatic heterocycles. The summed E-state index contributed by atoms with van der Waals surface area (Å²) >= 11 is 0. The van der Waals surface area contributed by atoms with Crippen LogP contribution in [0.5, 0.6) is 0 Å². The van der Waals surface area contributed by atoms with Gasteiger partial charge in [0.15, 0.2) is 0 Å². The van der Waals surface area contributed by atoms with Crippen molar-refractivity contribution in [2.75, 3.05) is 0 Å². The molecule has 2 aromatic rings. The first kappa shape index (κ1) is 8.93. The third-order valence-electron chi connectivity index (χ3n) is 3.36. The maximum Gasteiger partial charge on any atom is 0.0417 e. The lowest BCUT2D eigenvalue weighted by atomic mass is 9.96. The van der Waals surface area contributed by atoms with Crippen molar-refractivity contribution < 1.29 is 0 Å². The summed E-state index contributed by atoms with van der Waals surface area (Å²) in [6, 6.07) is 13.0. The highest BCUT2D eigenvalue weighted by Gasteiger charge is 2.40. The van der Waals surface area contributed by atoms with Crippen LogP contribution in [-0.4, -0.2) is 0 Å². The smallest absolute Gasteiger partial charge is 0.0417 e. The minimum Gasteiger partial charge on any atom is -0.321 e. The molecule has 0 atom stereocenters. The molecule has 0 unspecified atom stereocenters. The lowest BCUT2D eigenvalue weighted by Gasteiger charge is -2.13. The van der Waals surface area contributed by atoms with Crippen molar-refractivity contribution in [1.82, 2.24) is 0 Å². The molecule has 1 aliphatic rings. The number of aryl methyl sites for hydroxylation is 1. The number of rotatable bonds is 1. The molecule has 1 saturated carbocycles. The summed E-state index contributed by atoms with van der Waals surface area (Å²) in [7, 11) is 0. The molecular formula is C14H15N. The zero-order valence-corrected chi connectivity index (χ0v) is 8.96. The van der Waals surface area contributed by atoms with E-state index >= 15 is 0 Å². The Hall–Kier alpha value is -1.34. The topological polar surface area (TPSA) is 26.0 Å². The second kappa shape index (κ2) is 2.83. The number of hydrogen-bond donors (Lipinski definition) is 1. The van der Waals surface area contributed by atoms with Crippen LogP contribution in [0.2, 0.25) is 0 Å². The van der Waals surface area contributed by atoms with Crippen molar-refractivity contribution >= 4 is 10.8 Å². The Morgan fingerprint density at radius 1 is 1.13 bits per heavy atom. The van der Waals surface area contributed by atoms with Crippen LogP contribution < -0.4 is 5.73 Å². The summed E-state index contributed by atoms with van der Waals surface area (Å²) in [4.78, 5) is 0. The first-order valence-corrected chi connectivity index (χ1v) is 5.48. The Kier molecular flexibility index (Phi) is 1.68. The maximum atomic E-state index is 6.28. The molecule has 2 N–H and O–H groups in total. The van der Waals surface area contributed by atoms with Gasteiger partial charge in [0.05, 0.1) is 0 Å². The lowest BCUT2D eigenvalue weighted by Crippen LogP contribution is -2.18. The van der Waals surface area contributed by atoms with Gasteiger partial charge in [-0.25, -0.2) is 0 Å². The average Bonchev–Trinajstić information content (AvgIpc) is 2.96. The quantitative estimate of drug-likeness (QED) is 0.747. The Morgan fingerprint density at radius 2 is 1.93 bits per heavy atom. The zero-order chi connectivity index (χ0) is 10.5. The van der Waals surface area contributed by atoms with Crippen LogP contribution in [-0.2, 0) is 5.54 Å². The van der Waals surface area contributed by atoms with E-state index < -0.39 is 0 Å². The van der Waals surface area contributed by atoms with E-state index in [1.165, 1.54) is 21.9 Å². The van der Waals surface area contributed by atoms with Crippen LogP contribution in [0.1, 0.15) is 24.0 Å². The van der Waals surface area contributed by atoms with Gasteiger partial charge in [0, 0.05) is 5.54 Å². The van der Waals surface area contributed by atoms with E-state index in [-0.39, 0.29) is 5.54 Å². The molecular weight excluding hydrogens is 182 g/mol. The fraction of sp³-hybridized carbons (Fsp3) is 0.286. The van der Waals surface area contributed by atoms with Crippen molar-refractivity contribution in [2.45, 2.75) is 25.3 Å². The second-order valence-corrected chi connectivity index (χ2v) is 4.69. The predicted octanol–water partition coefficient (Wildman–Crippen LogP) is 3.10. The highest BCUT2D eigenvalue weighted by molar-refractivity contribution is 5.87. The van der Waals surface area contributed by atoms with Gasteiger partial charge in [-0.05, 0) is 36.1 Å². The van der Waals surface area contributed by atoms with Gasteiger partial charge in [0.1, 0.15) is 0 Å². The molecule has 0 bridgehead atoms. The predicted molar refractivity (Wildman–Crippen MR) is 63.8 cm³/mol. The van der Waals surface area contributed by atoms with E-state index in [0.717, 1.165) is 12.8 Å². The van der Waals surface area contributed by atoms with Crippen molar-refractivity contribution in [1.29, 1.82) is 0 Å². The summed E-state index contributed by atoms with van der Waals surface area (Å²) in [6.45, 7) is 2.13. The Bertz CT molecular complexity index is 524. The molecule has 0 saturated heterocycles. The van der Waals surface area contributed by atoms with Gasteiger partial charge < -0.3 is 5.73 Å². The summed E-state index contributed by atoms with van der Waals surface area (Å²) < 4.78 is 0. The molecule has 1 fully saturated rings. The molecule has 0 radical (unpaired) electrons. The minimum atomic E-state index is -0.0344. The SMILES string of the molecule is Cc1ccc2cccc(C3(N)CC3)c2c1. The highest BCUT2D eigenvalue weighted by atomic mass is 14.8. The molecule has 0 spiro atoms. The van der Waals surface area contributed by atoms with Crippen LogP contribution in [0.3, 0.4) is 0 Å². The van der Waals surface area contributed by atoms with Crippen LogP contribution in [0.4, 0.5) is 0 Å². The molecule has 15 heavy (non-hydrogen) atoms. The van der Waals surface area contributed by atoms with Gasteiger partial charge in [-0.1, -0.05) is 42.0 Å². The highest BCUT2D eigenvalue weighted by Crippen LogP contribution is 2.45. The van der Waals surface area contributed by atoms with Crippen molar-refractivity contribution in [3.8, 4) is 0 Å². The zero-order valence-electron chi connectivity index (χ0n) is 8.96. The van der Waals surface area contributed by atoms with Crippen LogP contribution in [0.25, 0.3) is 10.8 Å².